The van der Waals surface area contributed by atoms with Gasteiger partial charge in [-0.05, 0) is 25.5 Å². The number of ether oxygens (including phenoxy) is 2. The molecule has 6 heteroatoms. The van der Waals surface area contributed by atoms with Gasteiger partial charge in [-0.2, -0.15) is 0 Å². The molecule has 114 valence electrons. The second-order valence-electron chi connectivity index (χ2n) is 4.76. The first-order valence-corrected chi connectivity index (χ1v) is 7.35. The number of aryl methyl sites for hydroxylation is 1. The van der Waals surface area contributed by atoms with Crippen LogP contribution in [0, 0.1) is 6.92 Å². The average Bonchev–Trinajstić information content (AvgIpc) is 2.76. The van der Waals surface area contributed by atoms with E-state index < -0.39 is 5.97 Å². The summed E-state index contributed by atoms with van der Waals surface area (Å²) in [6.45, 7) is 6.84. The van der Waals surface area contributed by atoms with Crippen LogP contribution in [0.5, 0.6) is 0 Å². The van der Waals surface area contributed by atoms with Crippen LogP contribution in [0.1, 0.15) is 27.0 Å². The standard InChI is InChI=1S/C14H23NO4S/c1-10(9-19-4)15(5-6-18-3)8-12-7-13(14(16)17)20-11(12)2/h7,10H,5-6,8-9H2,1-4H3,(H,16,17). The Bertz CT molecular complexity index is 433. The van der Waals surface area contributed by atoms with Crippen LogP contribution in [0.3, 0.4) is 0 Å². The van der Waals surface area contributed by atoms with E-state index in [0.29, 0.717) is 24.6 Å². The van der Waals surface area contributed by atoms with Gasteiger partial charge in [0.2, 0.25) is 0 Å². The summed E-state index contributed by atoms with van der Waals surface area (Å²) in [5, 5.41) is 9.05. The Morgan fingerprint density at radius 3 is 2.65 bits per heavy atom. The Kier molecular flexibility index (Phi) is 7.15. The van der Waals surface area contributed by atoms with Crippen molar-refractivity contribution in [3.63, 3.8) is 0 Å². The molecule has 0 aliphatic carbocycles. The molecule has 0 radical (unpaired) electrons. The third-order valence-corrected chi connectivity index (χ3v) is 4.30. The van der Waals surface area contributed by atoms with E-state index in [0.717, 1.165) is 17.0 Å². The zero-order valence-corrected chi connectivity index (χ0v) is 13.3. The topological polar surface area (TPSA) is 59.0 Å². The lowest BCUT2D eigenvalue weighted by atomic mass is 10.2. The van der Waals surface area contributed by atoms with E-state index in [4.69, 9.17) is 14.6 Å². The highest BCUT2D eigenvalue weighted by atomic mass is 32.1. The van der Waals surface area contributed by atoms with Crippen LogP contribution in [0.15, 0.2) is 6.07 Å². The number of hydrogen-bond donors (Lipinski definition) is 1. The van der Waals surface area contributed by atoms with Crippen molar-refractivity contribution in [2.24, 2.45) is 0 Å². The van der Waals surface area contributed by atoms with Crippen molar-refractivity contribution in [3.05, 3.63) is 21.4 Å². The number of carbonyl (C=O) groups is 1. The molecule has 1 unspecified atom stereocenters. The van der Waals surface area contributed by atoms with Gasteiger partial charge in [0, 0.05) is 38.2 Å². The minimum Gasteiger partial charge on any atom is -0.477 e. The van der Waals surface area contributed by atoms with E-state index in [9.17, 15) is 4.79 Å². The van der Waals surface area contributed by atoms with E-state index in [2.05, 4.69) is 11.8 Å². The maximum absolute atomic E-state index is 11.0. The van der Waals surface area contributed by atoms with Gasteiger partial charge in [0.15, 0.2) is 0 Å². The molecule has 1 aromatic rings. The van der Waals surface area contributed by atoms with Gasteiger partial charge in [-0.3, -0.25) is 4.90 Å². The summed E-state index contributed by atoms with van der Waals surface area (Å²) in [5.74, 6) is -0.863. The molecule has 1 heterocycles. The number of thiophene rings is 1. The fraction of sp³-hybridized carbons (Fsp3) is 0.643. The average molecular weight is 301 g/mol. The first-order valence-electron chi connectivity index (χ1n) is 6.54. The van der Waals surface area contributed by atoms with Crippen molar-refractivity contribution >= 4 is 17.3 Å². The van der Waals surface area contributed by atoms with Gasteiger partial charge in [0.1, 0.15) is 4.88 Å². The van der Waals surface area contributed by atoms with Crippen LogP contribution in [0.25, 0.3) is 0 Å². The molecule has 1 aromatic heterocycles. The Balaban J connectivity index is 2.79. The van der Waals surface area contributed by atoms with Gasteiger partial charge in [0.05, 0.1) is 13.2 Å². The van der Waals surface area contributed by atoms with Gasteiger partial charge in [-0.1, -0.05) is 0 Å². The number of carboxylic acids is 1. The molecule has 0 spiro atoms. The molecular formula is C14H23NO4S. The highest BCUT2D eigenvalue weighted by molar-refractivity contribution is 7.14. The maximum atomic E-state index is 11.0. The molecule has 0 aliphatic rings. The highest BCUT2D eigenvalue weighted by Crippen LogP contribution is 2.23. The van der Waals surface area contributed by atoms with Crippen LogP contribution in [-0.2, 0) is 16.0 Å². The third kappa shape index (κ3) is 4.86. The minimum absolute atomic E-state index is 0.253. The molecule has 1 atom stereocenters. The molecule has 0 fully saturated rings. The van der Waals surface area contributed by atoms with Gasteiger partial charge in [-0.15, -0.1) is 11.3 Å². The molecule has 0 saturated carbocycles. The van der Waals surface area contributed by atoms with Gasteiger partial charge in [0.25, 0.3) is 0 Å². The smallest absolute Gasteiger partial charge is 0.345 e. The van der Waals surface area contributed by atoms with Crippen LogP contribution in [-0.4, -0.2) is 56.0 Å². The van der Waals surface area contributed by atoms with Gasteiger partial charge < -0.3 is 14.6 Å². The second kappa shape index (κ2) is 8.36. The molecule has 0 amide bonds. The fourth-order valence-corrected chi connectivity index (χ4v) is 2.88. The molecule has 0 aromatic carbocycles. The number of aromatic carboxylic acids is 1. The minimum atomic E-state index is -0.863. The lowest BCUT2D eigenvalue weighted by Crippen LogP contribution is -2.38. The normalized spacial score (nSPS) is 12.8. The van der Waals surface area contributed by atoms with Crippen molar-refractivity contribution in [3.8, 4) is 0 Å². The zero-order valence-electron chi connectivity index (χ0n) is 12.5. The SMILES string of the molecule is COCCN(Cc1cc(C(=O)O)sc1C)C(C)COC. The van der Waals surface area contributed by atoms with Crippen LogP contribution >= 0.6 is 11.3 Å². The van der Waals surface area contributed by atoms with E-state index in [-0.39, 0.29) is 6.04 Å². The Labute approximate surface area is 124 Å². The number of methoxy groups -OCH3 is 2. The lowest BCUT2D eigenvalue weighted by Gasteiger charge is -2.28. The van der Waals surface area contributed by atoms with Crippen LogP contribution in [0.2, 0.25) is 0 Å². The van der Waals surface area contributed by atoms with Crippen molar-refractivity contribution in [1.82, 2.24) is 4.90 Å². The van der Waals surface area contributed by atoms with E-state index in [1.54, 1.807) is 20.3 Å². The van der Waals surface area contributed by atoms with E-state index >= 15 is 0 Å². The molecule has 5 nitrogen and oxygen atoms in total. The molecular weight excluding hydrogens is 278 g/mol. The summed E-state index contributed by atoms with van der Waals surface area (Å²) in [7, 11) is 3.36. The Morgan fingerprint density at radius 1 is 1.45 bits per heavy atom. The molecule has 0 aliphatic heterocycles. The molecule has 20 heavy (non-hydrogen) atoms. The summed E-state index contributed by atoms with van der Waals surface area (Å²) < 4.78 is 10.3. The largest absolute Gasteiger partial charge is 0.477 e. The lowest BCUT2D eigenvalue weighted by molar-refractivity contribution is 0.0693. The summed E-state index contributed by atoms with van der Waals surface area (Å²) in [6, 6.07) is 2.02. The quantitative estimate of drug-likeness (QED) is 0.758. The van der Waals surface area contributed by atoms with E-state index in [1.165, 1.54) is 11.3 Å². The van der Waals surface area contributed by atoms with Crippen molar-refractivity contribution in [1.29, 1.82) is 0 Å². The summed E-state index contributed by atoms with van der Waals surface area (Å²) in [5.41, 5.74) is 1.06. The number of hydrogen-bond acceptors (Lipinski definition) is 5. The number of nitrogens with zero attached hydrogens (tertiary/aromatic N) is 1. The van der Waals surface area contributed by atoms with Crippen molar-refractivity contribution in [2.75, 3.05) is 34.0 Å². The zero-order chi connectivity index (χ0) is 15.1. The third-order valence-electron chi connectivity index (χ3n) is 3.22. The Hall–Kier alpha value is -0.950. The second-order valence-corrected chi connectivity index (χ2v) is 6.02. The molecule has 0 bridgehead atoms. The first kappa shape index (κ1) is 17.1. The van der Waals surface area contributed by atoms with Gasteiger partial charge >= 0.3 is 5.97 Å². The molecule has 1 rings (SSSR count). The van der Waals surface area contributed by atoms with Crippen LogP contribution < -0.4 is 0 Å². The van der Waals surface area contributed by atoms with Crippen molar-refractivity contribution in [2.45, 2.75) is 26.4 Å². The summed E-state index contributed by atoms with van der Waals surface area (Å²) in [4.78, 5) is 14.7. The molecule has 0 saturated heterocycles. The van der Waals surface area contributed by atoms with E-state index in [1.807, 2.05) is 6.92 Å². The summed E-state index contributed by atoms with van der Waals surface area (Å²) >= 11 is 1.32. The summed E-state index contributed by atoms with van der Waals surface area (Å²) in [6.07, 6.45) is 0. The van der Waals surface area contributed by atoms with Crippen molar-refractivity contribution < 1.29 is 19.4 Å². The number of rotatable bonds is 9. The highest BCUT2D eigenvalue weighted by Gasteiger charge is 2.18. The predicted molar refractivity (Wildman–Crippen MR) is 79.6 cm³/mol. The van der Waals surface area contributed by atoms with Crippen LogP contribution in [0.4, 0.5) is 0 Å². The van der Waals surface area contributed by atoms with Gasteiger partial charge in [-0.25, -0.2) is 4.79 Å². The maximum Gasteiger partial charge on any atom is 0.345 e. The monoisotopic (exact) mass is 301 g/mol. The number of carboxylic acid groups (broad SMARTS) is 1. The Morgan fingerprint density at radius 2 is 2.15 bits per heavy atom. The first-order chi connectivity index (χ1) is 9.49. The fourth-order valence-electron chi connectivity index (χ4n) is 2.01. The predicted octanol–water partition coefficient (Wildman–Crippen LogP) is 2.24. The molecule has 1 N–H and O–H groups in total.